The molecule has 1 aliphatic heterocycles. The lowest BCUT2D eigenvalue weighted by atomic mass is 9.87. The van der Waals surface area contributed by atoms with Crippen LogP contribution in [0.25, 0.3) is 0 Å². The predicted octanol–water partition coefficient (Wildman–Crippen LogP) is 1.45. The number of hydrogen-bond donors (Lipinski definition) is 0. The summed E-state index contributed by atoms with van der Waals surface area (Å²) in [6.45, 7) is 1.05. The van der Waals surface area contributed by atoms with Crippen LogP contribution in [0.5, 0.6) is 0 Å². The highest BCUT2D eigenvalue weighted by atomic mass is 35.5. The van der Waals surface area contributed by atoms with E-state index in [0.29, 0.717) is 36.8 Å². The van der Waals surface area contributed by atoms with Crippen LogP contribution in [0.3, 0.4) is 0 Å². The molecule has 1 aliphatic rings. The van der Waals surface area contributed by atoms with E-state index in [1.807, 2.05) is 0 Å². The predicted molar refractivity (Wildman–Crippen MR) is 62.3 cm³/mol. The molecule has 0 N–H and O–H groups in total. The van der Waals surface area contributed by atoms with Crippen LogP contribution in [-0.4, -0.2) is 41.5 Å². The van der Waals surface area contributed by atoms with Gasteiger partial charge in [0.2, 0.25) is 5.78 Å². The summed E-state index contributed by atoms with van der Waals surface area (Å²) in [7, 11) is 3.25. The molecule has 0 atom stereocenters. The van der Waals surface area contributed by atoms with E-state index in [1.165, 1.54) is 10.9 Å². The Morgan fingerprint density at radius 2 is 2.24 bits per heavy atom. The number of nitrogens with zero attached hydrogens (tertiary/aromatic N) is 2. The van der Waals surface area contributed by atoms with Crippen molar-refractivity contribution in [1.29, 1.82) is 0 Å². The average molecular weight is 259 g/mol. The van der Waals surface area contributed by atoms with Crippen molar-refractivity contribution < 1.29 is 14.3 Å². The van der Waals surface area contributed by atoms with Gasteiger partial charge < -0.3 is 9.47 Å². The first-order chi connectivity index (χ1) is 8.10. The topological polar surface area (TPSA) is 53.3 Å². The standard InChI is InChI=1S/C11H15ClN2O3/c1-14-9(8(12)7-13-14)10(15)11(16-2)3-5-17-6-4-11/h7H,3-6H2,1-2H3. The normalized spacial score (nSPS) is 19.2. The Balaban J connectivity index is 2.35. The van der Waals surface area contributed by atoms with Gasteiger partial charge in [-0.05, 0) is 0 Å². The first kappa shape index (κ1) is 12.5. The van der Waals surface area contributed by atoms with Crippen LogP contribution >= 0.6 is 11.6 Å². The van der Waals surface area contributed by atoms with Gasteiger partial charge in [-0.3, -0.25) is 9.48 Å². The number of rotatable bonds is 3. The lowest BCUT2D eigenvalue weighted by Crippen LogP contribution is -2.46. The highest BCUT2D eigenvalue weighted by molar-refractivity contribution is 6.34. The molecule has 6 heteroatoms. The van der Waals surface area contributed by atoms with Crippen molar-refractivity contribution in [3.05, 3.63) is 16.9 Å². The number of carbonyl (C=O) groups is 1. The molecule has 2 heterocycles. The third-order valence-electron chi connectivity index (χ3n) is 3.21. The number of methoxy groups -OCH3 is 1. The average Bonchev–Trinajstić information content (AvgIpc) is 2.69. The zero-order valence-corrected chi connectivity index (χ0v) is 10.7. The Labute approximate surface area is 105 Å². The zero-order chi connectivity index (χ0) is 12.5. The number of aryl methyl sites for hydroxylation is 1. The summed E-state index contributed by atoms with van der Waals surface area (Å²) in [5, 5.41) is 4.34. The summed E-state index contributed by atoms with van der Waals surface area (Å²) < 4.78 is 12.2. The van der Waals surface area contributed by atoms with E-state index in [2.05, 4.69) is 5.10 Å². The maximum Gasteiger partial charge on any atom is 0.214 e. The monoisotopic (exact) mass is 258 g/mol. The van der Waals surface area contributed by atoms with Crippen molar-refractivity contribution in [2.24, 2.45) is 7.05 Å². The van der Waals surface area contributed by atoms with Gasteiger partial charge in [0.25, 0.3) is 0 Å². The van der Waals surface area contributed by atoms with Crippen LogP contribution in [-0.2, 0) is 16.5 Å². The third-order valence-corrected chi connectivity index (χ3v) is 3.49. The first-order valence-electron chi connectivity index (χ1n) is 5.46. The highest BCUT2D eigenvalue weighted by Gasteiger charge is 2.42. The second kappa shape index (κ2) is 4.76. The van der Waals surface area contributed by atoms with Gasteiger partial charge in [-0.15, -0.1) is 0 Å². The van der Waals surface area contributed by atoms with E-state index in [9.17, 15) is 4.79 Å². The van der Waals surface area contributed by atoms with E-state index in [-0.39, 0.29) is 5.78 Å². The molecule has 0 saturated carbocycles. The van der Waals surface area contributed by atoms with Gasteiger partial charge in [-0.1, -0.05) is 11.6 Å². The van der Waals surface area contributed by atoms with Gasteiger partial charge in [0, 0.05) is 40.2 Å². The van der Waals surface area contributed by atoms with Crippen LogP contribution in [0.2, 0.25) is 5.02 Å². The summed E-state index contributed by atoms with van der Waals surface area (Å²) in [6.07, 6.45) is 2.56. The molecular formula is C11H15ClN2O3. The number of hydrogen-bond acceptors (Lipinski definition) is 4. The van der Waals surface area contributed by atoms with Crippen molar-refractivity contribution >= 4 is 17.4 Å². The van der Waals surface area contributed by atoms with E-state index in [4.69, 9.17) is 21.1 Å². The Morgan fingerprint density at radius 1 is 1.59 bits per heavy atom. The highest BCUT2D eigenvalue weighted by Crippen LogP contribution is 2.30. The molecule has 17 heavy (non-hydrogen) atoms. The molecule has 5 nitrogen and oxygen atoms in total. The fourth-order valence-corrected chi connectivity index (χ4v) is 2.36. The second-order valence-electron chi connectivity index (χ2n) is 4.10. The Bertz CT molecular complexity index is 405. The lowest BCUT2D eigenvalue weighted by molar-refractivity contribution is -0.0667. The SMILES string of the molecule is COC1(C(=O)c2c(Cl)cnn2C)CCOCC1. The summed E-state index contributed by atoms with van der Waals surface area (Å²) in [6, 6.07) is 0. The maximum absolute atomic E-state index is 12.5. The van der Waals surface area contributed by atoms with E-state index in [1.54, 1.807) is 14.2 Å². The molecule has 94 valence electrons. The van der Waals surface area contributed by atoms with Gasteiger partial charge in [0.05, 0.1) is 11.2 Å². The number of ketones is 1. The van der Waals surface area contributed by atoms with E-state index < -0.39 is 5.60 Å². The molecule has 0 unspecified atom stereocenters. The van der Waals surface area contributed by atoms with Crippen LogP contribution in [0.15, 0.2) is 6.20 Å². The molecule has 0 spiro atoms. The minimum atomic E-state index is -0.824. The van der Waals surface area contributed by atoms with Gasteiger partial charge in [0.1, 0.15) is 11.3 Å². The van der Waals surface area contributed by atoms with E-state index >= 15 is 0 Å². The molecule has 2 rings (SSSR count). The van der Waals surface area contributed by atoms with Crippen molar-refractivity contribution in [2.75, 3.05) is 20.3 Å². The minimum Gasteiger partial charge on any atom is -0.381 e. The quantitative estimate of drug-likeness (QED) is 0.770. The fourth-order valence-electron chi connectivity index (χ4n) is 2.11. The van der Waals surface area contributed by atoms with Crippen LogP contribution < -0.4 is 0 Å². The summed E-state index contributed by atoms with van der Waals surface area (Å²) in [5.41, 5.74) is -0.425. The number of carbonyl (C=O) groups excluding carboxylic acids is 1. The van der Waals surface area contributed by atoms with Crippen molar-refractivity contribution in [3.8, 4) is 0 Å². The summed E-state index contributed by atoms with van der Waals surface area (Å²) >= 11 is 5.99. The number of Topliss-reactive ketones (excluding diaryl/α,β-unsaturated/α-hetero) is 1. The molecule has 1 fully saturated rings. The van der Waals surface area contributed by atoms with E-state index in [0.717, 1.165) is 0 Å². The van der Waals surface area contributed by atoms with Crippen molar-refractivity contribution in [1.82, 2.24) is 9.78 Å². The van der Waals surface area contributed by atoms with Gasteiger partial charge in [0.15, 0.2) is 0 Å². The molecule has 0 amide bonds. The second-order valence-corrected chi connectivity index (χ2v) is 4.51. The largest absolute Gasteiger partial charge is 0.381 e. The third kappa shape index (κ3) is 2.10. The van der Waals surface area contributed by atoms with Crippen LogP contribution in [0.4, 0.5) is 0 Å². The first-order valence-corrected chi connectivity index (χ1v) is 5.84. The number of aromatic nitrogens is 2. The number of halogens is 1. The minimum absolute atomic E-state index is 0.117. The Hall–Kier alpha value is -0.910. The van der Waals surface area contributed by atoms with Crippen LogP contribution in [0.1, 0.15) is 23.3 Å². The van der Waals surface area contributed by atoms with Gasteiger partial charge in [-0.25, -0.2) is 0 Å². The maximum atomic E-state index is 12.5. The van der Waals surface area contributed by atoms with Crippen molar-refractivity contribution in [2.45, 2.75) is 18.4 Å². The molecule has 0 aromatic carbocycles. The summed E-state index contributed by atoms with van der Waals surface area (Å²) in [4.78, 5) is 12.5. The molecule has 1 aromatic rings. The molecule has 1 aromatic heterocycles. The van der Waals surface area contributed by atoms with Gasteiger partial charge in [-0.2, -0.15) is 5.10 Å². The zero-order valence-electron chi connectivity index (χ0n) is 9.90. The summed E-state index contributed by atoms with van der Waals surface area (Å²) in [5.74, 6) is -0.117. The van der Waals surface area contributed by atoms with Gasteiger partial charge >= 0.3 is 0 Å². The Morgan fingerprint density at radius 3 is 2.71 bits per heavy atom. The smallest absolute Gasteiger partial charge is 0.214 e. The molecule has 0 radical (unpaired) electrons. The fraction of sp³-hybridized carbons (Fsp3) is 0.636. The Kier molecular flexibility index (Phi) is 3.51. The molecule has 1 saturated heterocycles. The molecular weight excluding hydrogens is 244 g/mol. The van der Waals surface area contributed by atoms with Crippen LogP contribution in [0, 0.1) is 0 Å². The van der Waals surface area contributed by atoms with Crippen molar-refractivity contribution in [3.63, 3.8) is 0 Å². The lowest BCUT2D eigenvalue weighted by Gasteiger charge is -2.34. The number of ether oxygens (including phenoxy) is 2. The molecule has 0 bridgehead atoms. The molecule has 0 aliphatic carbocycles.